The zero-order valence-corrected chi connectivity index (χ0v) is 11.8. The summed E-state index contributed by atoms with van der Waals surface area (Å²) in [6.07, 6.45) is 6.96. The highest BCUT2D eigenvalue weighted by Gasteiger charge is 2.21. The number of hydrogen-bond acceptors (Lipinski definition) is 0. The summed E-state index contributed by atoms with van der Waals surface area (Å²) in [5, 5.41) is 0. The Balaban J connectivity index is 4.04. The van der Waals surface area contributed by atoms with Gasteiger partial charge in [-0.05, 0) is 30.1 Å². The maximum Gasteiger partial charge on any atom is -0.0363 e. The highest BCUT2D eigenvalue weighted by atomic mass is 14.3. The predicted octanol–water partition coefficient (Wildman–Crippen LogP) is 5.52. The van der Waals surface area contributed by atoms with E-state index in [-0.39, 0.29) is 0 Å². The number of rotatable bonds is 8. The molecule has 0 aliphatic rings. The highest BCUT2D eigenvalue weighted by Crippen LogP contribution is 2.31. The summed E-state index contributed by atoms with van der Waals surface area (Å²) in [5.41, 5.74) is 0. The molecule has 0 nitrogen and oxygen atoms in total. The molecule has 0 amide bonds. The van der Waals surface area contributed by atoms with Crippen molar-refractivity contribution in [3.8, 4) is 0 Å². The van der Waals surface area contributed by atoms with E-state index in [0.717, 1.165) is 23.7 Å². The fraction of sp³-hybridized carbons (Fsp3) is 1.00. The van der Waals surface area contributed by atoms with E-state index < -0.39 is 0 Å². The second kappa shape index (κ2) is 8.19. The molecular formula is C15H32. The second-order valence-corrected chi connectivity index (χ2v) is 5.78. The van der Waals surface area contributed by atoms with Crippen molar-refractivity contribution in [1.82, 2.24) is 0 Å². The number of hydrogen-bond donors (Lipinski definition) is 0. The maximum absolute atomic E-state index is 2.44. The Hall–Kier alpha value is 0. The lowest BCUT2D eigenvalue weighted by Crippen LogP contribution is -2.20. The Kier molecular flexibility index (Phi) is 8.19. The van der Waals surface area contributed by atoms with E-state index in [2.05, 4.69) is 41.5 Å². The third-order valence-corrected chi connectivity index (χ3v) is 3.96. The largest absolute Gasteiger partial charge is 0.0654 e. The molecule has 0 heterocycles. The molecule has 0 aliphatic carbocycles. The van der Waals surface area contributed by atoms with Gasteiger partial charge in [-0.1, -0.05) is 67.2 Å². The molecule has 0 saturated heterocycles. The molecule has 0 bridgehead atoms. The van der Waals surface area contributed by atoms with Crippen molar-refractivity contribution >= 4 is 0 Å². The van der Waals surface area contributed by atoms with Crippen molar-refractivity contribution in [2.75, 3.05) is 0 Å². The molecule has 3 unspecified atom stereocenters. The van der Waals surface area contributed by atoms with Gasteiger partial charge in [0.2, 0.25) is 0 Å². The molecular weight excluding hydrogens is 180 g/mol. The monoisotopic (exact) mass is 212 g/mol. The van der Waals surface area contributed by atoms with E-state index in [1.54, 1.807) is 0 Å². The molecule has 0 heteroatoms. The molecule has 15 heavy (non-hydrogen) atoms. The van der Waals surface area contributed by atoms with Crippen molar-refractivity contribution in [2.45, 2.75) is 73.6 Å². The summed E-state index contributed by atoms with van der Waals surface area (Å²) in [6, 6.07) is 0. The van der Waals surface area contributed by atoms with Gasteiger partial charge in [0, 0.05) is 0 Å². The van der Waals surface area contributed by atoms with Crippen molar-refractivity contribution in [2.24, 2.45) is 23.7 Å². The van der Waals surface area contributed by atoms with E-state index in [4.69, 9.17) is 0 Å². The van der Waals surface area contributed by atoms with Crippen LogP contribution in [-0.2, 0) is 0 Å². The molecule has 92 valence electrons. The van der Waals surface area contributed by atoms with Gasteiger partial charge in [-0.15, -0.1) is 0 Å². The summed E-state index contributed by atoms with van der Waals surface area (Å²) in [5.74, 6) is 3.60. The predicted molar refractivity (Wildman–Crippen MR) is 71.1 cm³/mol. The standard InChI is InChI=1S/C15H32/c1-7-9-10-13(5)11-15(12(3)4)14(6)8-2/h12-15H,7-11H2,1-6H3. The van der Waals surface area contributed by atoms with Gasteiger partial charge in [0.25, 0.3) is 0 Å². The molecule has 0 N–H and O–H groups in total. The zero-order chi connectivity index (χ0) is 11.8. The average Bonchev–Trinajstić information content (AvgIpc) is 2.21. The Morgan fingerprint density at radius 2 is 1.53 bits per heavy atom. The van der Waals surface area contributed by atoms with E-state index in [1.165, 1.54) is 32.1 Å². The molecule has 0 aromatic heterocycles. The van der Waals surface area contributed by atoms with Gasteiger partial charge in [0.1, 0.15) is 0 Å². The van der Waals surface area contributed by atoms with Gasteiger partial charge >= 0.3 is 0 Å². The van der Waals surface area contributed by atoms with Crippen molar-refractivity contribution in [3.63, 3.8) is 0 Å². The first-order valence-corrected chi connectivity index (χ1v) is 7.02. The summed E-state index contributed by atoms with van der Waals surface area (Å²) in [6.45, 7) is 14.3. The van der Waals surface area contributed by atoms with Crippen LogP contribution in [-0.4, -0.2) is 0 Å². The second-order valence-electron chi connectivity index (χ2n) is 5.78. The molecule has 0 aromatic rings. The van der Waals surface area contributed by atoms with Crippen LogP contribution in [0.2, 0.25) is 0 Å². The van der Waals surface area contributed by atoms with Gasteiger partial charge in [-0.25, -0.2) is 0 Å². The molecule has 0 aliphatic heterocycles. The van der Waals surface area contributed by atoms with Gasteiger partial charge < -0.3 is 0 Å². The van der Waals surface area contributed by atoms with Crippen molar-refractivity contribution in [1.29, 1.82) is 0 Å². The van der Waals surface area contributed by atoms with Crippen LogP contribution in [0.3, 0.4) is 0 Å². The Labute approximate surface area is 97.8 Å². The first-order valence-electron chi connectivity index (χ1n) is 7.02. The minimum atomic E-state index is 0.851. The molecule has 0 spiro atoms. The third kappa shape index (κ3) is 6.22. The highest BCUT2D eigenvalue weighted by molar-refractivity contribution is 4.71. The molecule has 0 radical (unpaired) electrons. The van der Waals surface area contributed by atoms with Gasteiger partial charge in [0.05, 0.1) is 0 Å². The third-order valence-electron chi connectivity index (χ3n) is 3.96. The van der Waals surface area contributed by atoms with E-state index in [0.29, 0.717) is 0 Å². The molecule has 3 atom stereocenters. The van der Waals surface area contributed by atoms with Crippen LogP contribution < -0.4 is 0 Å². The summed E-state index contributed by atoms with van der Waals surface area (Å²) in [4.78, 5) is 0. The summed E-state index contributed by atoms with van der Waals surface area (Å²) in [7, 11) is 0. The lowest BCUT2D eigenvalue weighted by Gasteiger charge is -2.29. The first kappa shape index (κ1) is 15.0. The van der Waals surface area contributed by atoms with Crippen molar-refractivity contribution < 1.29 is 0 Å². The lowest BCUT2D eigenvalue weighted by atomic mass is 9.77. The topological polar surface area (TPSA) is 0 Å². The normalized spacial score (nSPS) is 17.8. The van der Waals surface area contributed by atoms with Crippen LogP contribution in [0.5, 0.6) is 0 Å². The minimum absolute atomic E-state index is 0.851. The first-order chi connectivity index (χ1) is 7.02. The van der Waals surface area contributed by atoms with Crippen LogP contribution in [0.4, 0.5) is 0 Å². The Bertz CT molecular complexity index is 137. The van der Waals surface area contributed by atoms with Crippen LogP contribution in [0.15, 0.2) is 0 Å². The SMILES string of the molecule is CCCCC(C)CC(C(C)C)C(C)CC. The van der Waals surface area contributed by atoms with Crippen LogP contribution in [0, 0.1) is 23.7 Å². The number of unbranched alkanes of at least 4 members (excludes halogenated alkanes) is 1. The molecule has 0 aromatic carbocycles. The summed E-state index contributed by atoms with van der Waals surface area (Å²) >= 11 is 0. The minimum Gasteiger partial charge on any atom is -0.0654 e. The fourth-order valence-corrected chi connectivity index (χ4v) is 2.60. The maximum atomic E-state index is 2.44. The van der Waals surface area contributed by atoms with Crippen LogP contribution >= 0.6 is 0 Å². The van der Waals surface area contributed by atoms with Gasteiger partial charge in [0.15, 0.2) is 0 Å². The quantitative estimate of drug-likeness (QED) is 0.497. The van der Waals surface area contributed by atoms with Gasteiger partial charge in [-0.3, -0.25) is 0 Å². The van der Waals surface area contributed by atoms with Crippen LogP contribution in [0.1, 0.15) is 73.6 Å². The zero-order valence-electron chi connectivity index (χ0n) is 11.8. The smallest absolute Gasteiger partial charge is 0.0363 e. The van der Waals surface area contributed by atoms with Crippen molar-refractivity contribution in [3.05, 3.63) is 0 Å². The van der Waals surface area contributed by atoms with E-state index in [1.807, 2.05) is 0 Å². The Morgan fingerprint density at radius 1 is 0.933 bits per heavy atom. The molecule has 0 saturated carbocycles. The van der Waals surface area contributed by atoms with Gasteiger partial charge in [-0.2, -0.15) is 0 Å². The van der Waals surface area contributed by atoms with Crippen LogP contribution in [0.25, 0.3) is 0 Å². The lowest BCUT2D eigenvalue weighted by molar-refractivity contribution is 0.211. The molecule has 0 rings (SSSR count). The fourth-order valence-electron chi connectivity index (χ4n) is 2.60. The van der Waals surface area contributed by atoms with E-state index in [9.17, 15) is 0 Å². The summed E-state index contributed by atoms with van der Waals surface area (Å²) < 4.78 is 0. The average molecular weight is 212 g/mol. The molecule has 0 fully saturated rings. The van der Waals surface area contributed by atoms with E-state index >= 15 is 0 Å². The Morgan fingerprint density at radius 3 is 1.93 bits per heavy atom.